The number of aliphatic hydroxyl groups excluding tert-OH is 1. The third-order valence-corrected chi connectivity index (χ3v) is 7.67. The van der Waals surface area contributed by atoms with E-state index in [0.29, 0.717) is 9.47 Å². The zero-order valence-electron chi connectivity index (χ0n) is 21.6. The number of carboxylic acid groups (broad SMARTS) is 1. The molecule has 1 fully saturated rings. The predicted octanol–water partition coefficient (Wildman–Crippen LogP) is 3.44. The molecule has 1 aromatic heterocycles. The van der Waals surface area contributed by atoms with E-state index in [1.807, 2.05) is 0 Å². The van der Waals surface area contributed by atoms with Gasteiger partial charge in [0.15, 0.2) is 12.0 Å². The van der Waals surface area contributed by atoms with Gasteiger partial charge in [-0.3, -0.25) is 28.5 Å². The smallest absolute Gasteiger partial charge is 0.416 e. The number of amides is 3. The third kappa shape index (κ3) is 4.68. The lowest BCUT2D eigenvalue weighted by Crippen LogP contribution is -2.59. The first kappa shape index (κ1) is 29.2. The van der Waals surface area contributed by atoms with Gasteiger partial charge in [-0.2, -0.15) is 26.3 Å². The molecule has 2 aliphatic rings. The van der Waals surface area contributed by atoms with Crippen molar-refractivity contribution in [3.05, 3.63) is 63.6 Å². The molecule has 1 saturated heterocycles. The van der Waals surface area contributed by atoms with Gasteiger partial charge < -0.3 is 10.2 Å². The number of aromatic nitrogens is 2. The minimum absolute atomic E-state index is 0.0472. The number of anilines is 1. The number of hydrogen-bond donors (Lipinski definition) is 2. The van der Waals surface area contributed by atoms with E-state index in [4.69, 9.17) is 0 Å². The minimum Gasteiger partial charge on any atom is -0.481 e. The summed E-state index contributed by atoms with van der Waals surface area (Å²) in [4.78, 5) is 53.2. The number of carboxylic acids is 1. The van der Waals surface area contributed by atoms with Crippen molar-refractivity contribution in [1.29, 1.82) is 0 Å². The van der Waals surface area contributed by atoms with Crippen LogP contribution in [-0.2, 0) is 35.8 Å². The lowest BCUT2D eigenvalue weighted by Gasteiger charge is -2.40. The number of hydrogen-bond acceptors (Lipinski definition) is 5. The number of imidazole rings is 1. The number of aliphatic hydroxyl groups is 1. The second-order valence-electron chi connectivity index (χ2n) is 10.1. The number of aryl methyl sites for hydroxylation is 1. The van der Waals surface area contributed by atoms with E-state index < -0.39 is 72.7 Å². The molecule has 0 bridgehead atoms. The molecule has 2 unspecified atom stereocenters. The first-order valence-corrected chi connectivity index (χ1v) is 12.5. The molecule has 0 radical (unpaired) electrons. The molecular weight excluding hydrogens is 578 g/mol. The molecular formula is C26H22F6N4O6. The lowest BCUT2D eigenvalue weighted by molar-refractivity contribution is -0.207. The van der Waals surface area contributed by atoms with Crippen molar-refractivity contribution < 1.29 is 50.9 Å². The third-order valence-electron chi connectivity index (χ3n) is 7.67. The summed E-state index contributed by atoms with van der Waals surface area (Å²) in [6, 6.07) is 4.82. The van der Waals surface area contributed by atoms with Gasteiger partial charge in [-0.1, -0.05) is 12.1 Å². The fraction of sp³-hybridized carbons (Fsp3) is 0.385. The van der Waals surface area contributed by atoms with Crippen molar-refractivity contribution in [3.63, 3.8) is 0 Å². The molecule has 2 aromatic carbocycles. The Bertz CT molecular complexity index is 1680. The summed E-state index contributed by atoms with van der Waals surface area (Å²) in [5, 5.41) is 19.4. The van der Waals surface area contributed by atoms with Crippen LogP contribution in [0.5, 0.6) is 0 Å². The SMILES string of the molecule is Cn1c(=O)n(CC(O)C(F)(F)F)c2cc(N3CC(C(=O)O)C(=O)N([C@@H]4CCc5c4cccc5C(F)(F)F)C3=O)ccc21. The number of urea groups is 1. The maximum atomic E-state index is 13.7. The molecule has 0 saturated carbocycles. The zero-order valence-corrected chi connectivity index (χ0v) is 21.6. The quantitative estimate of drug-likeness (QED) is 0.342. The molecule has 1 aliphatic carbocycles. The molecule has 3 amide bonds. The largest absolute Gasteiger partial charge is 0.481 e. The average molecular weight is 600 g/mol. The van der Waals surface area contributed by atoms with Gasteiger partial charge in [-0.15, -0.1) is 0 Å². The summed E-state index contributed by atoms with van der Waals surface area (Å²) in [5.41, 5.74) is -1.97. The van der Waals surface area contributed by atoms with E-state index in [1.54, 1.807) is 0 Å². The summed E-state index contributed by atoms with van der Waals surface area (Å²) in [6.45, 7) is -1.85. The van der Waals surface area contributed by atoms with Crippen LogP contribution in [-0.4, -0.2) is 61.0 Å². The summed E-state index contributed by atoms with van der Waals surface area (Å²) in [7, 11) is 1.28. The van der Waals surface area contributed by atoms with E-state index in [1.165, 1.54) is 25.2 Å². The van der Waals surface area contributed by atoms with Crippen molar-refractivity contribution in [2.24, 2.45) is 13.0 Å². The Morgan fingerprint density at radius 2 is 1.74 bits per heavy atom. The van der Waals surface area contributed by atoms with Gasteiger partial charge in [-0.25, -0.2) is 9.59 Å². The van der Waals surface area contributed by atoms with Crippen molar-refractivity contribution in [2.75, 3.05) is 11.4 Å². The Morgan fingerprint density at radius 3 is 2.36 bits per heavy atom. The number of carbonyl (C=O) groups is 3. The Labute approximate surface area is 231 Å². The maximum Gasteiger partial charge on any atom is 0.416 e. The highest BCUT2D eigenvalue weighted by atomic mass is 19.4. The first-order valence-electron chi connectivity index (χ1n) is 12.5. The van der Waals surface area contributed by atoms with Gasteiger partial charge in [0, 0.05) is 19.3 Å². The molecule has 42 heavy (non-hydrogen) atoms. The molecule has 0 spiro atoms. The molecule has 10 nitrogen and oxygen atoms in total. The molecule has 1 aliphatic heterocycles. The number of nitrogens with zero attached hydrogens (tertiary/aromatic N) is 4. The molecule has 3 atom stereocenters. The fourth-order valence-electron chi connectivity index (χ4n) is 5.60. The summed E-state index contributed by atoms with van der Waals surface area (Å²) in [6.07, 6.45) is -12.9. The minimum atomic E-state index is -5.04. The van der Waals surface area contributed by atoms with Crippen LogP contribution in [0.4, 0.5) is 36.8 Å². The molecule has 2 N–H and O–H groups in total. The monoisotopic (exact) mass is 600 g/mol. The van der Waals surface area contributed by atoms with E-state index in [0.717, 1.165) is 27.7 Å². The van der Waals surface area contributed by atoms with Gasteiger partial charge >= 0.3 is 30.0 Å². The van der Waals surface area contributed by atoms with Gasteiger partial charge in [-0.05, 0) is 48.2 Å². The van der Waals surface area contributed by atoms with E-state index in [9.17, 15) is 55.7 Å². The van der Waals surface area contributed by atoms with Gasteiger partial charge in [0.05, 0.1) is 29.2 Å². The van der Waals surface area contributed by atoms with Crippen LogP contribution in [0.1, 0.15) is 29.2 Å². The summed E-state index contributed by atoms with van der Waals surface area (Å²) >= 11 is 0. The molecule has 3 aromatic rings. The van der Waals surface area contributed by atoms with E-state index in [2.05, 4.69) is 0 Å². The predicted molar refractivity (Wildman–Crippen MR) is 132 cm³/mol. The van der Waals surface area contributed by atoms with Gasteiger partial charge in [0.25, 0.3) is 0 Å². The van der Waals surface area contributed by atoms with Crippen molar-refractivity contribution >= 4 is 34.6 Å². The summed E-state index contributed by atoms with van der Waals surface area (Å²) in [5.74, 6) is -4.53. The van der Waals surface area contributed by atoms with Crippen LogP contribution in [0.15, 0.2) is 41.2 Å². The van der Waals surface area contributed by atoms with Crippen LogP contribution in [0.2, 0.25) is 0 Å². The van der Waals surface area contributed by atoms with Gasteiger partial charge in [0.1, 0.15) is 0 Å². The fourth-order valence-corrected chi connectivity index (χ4v) is 5.60. The zero-order chi connectivity index (χ0) is 30.9. The lowest BCUT2D eigenvalue weighted by atomic mass is 9.98. The standard InChI is InChI=1S/C26H22F6N4O6/c1-33-18-7-5-12(9-19(18)35(23(33)41)11-20(37)26(30,31)32)34-10-15(22(39)40)21(38)36(24(34)42)17-8-6-13-14(17)3-2-4-16(13)25(27,28)29/h2-5,7,9,15,17,20,37H,6,8,10-11H2,1H3,(H,39,40)/t15?,17-,20?/m1/s1. The highest BCUT2D eigenvalue weighted by Crippen LogP contribution is 2.44. The van der Waals surface area contributed by atoms with Crippen molar-refractivity contribution in [3.8, 4) is 0 Å². The molecule has 2 heterocycles. The van der Waals surface area contributed by atoms with Crippen LogP contribution >= 0.6 is 0 Å². The van der Waals surface area contributed by atoms with Crippen LogP contribution in [0, 0.1) is 5.92 Å². The van der Waals surface area contributed by atoms with Crippen LogP contribution in [0.25, 0.3) is 11.0 Å². The van der Waals surface area contributed by atoms with Crippen LogP contribution in [0.3, 0.4) is 0 Å². The van der Waals surface area contributed by atoms with Crippen molar-refractivity contribution in [2.45, 2.75) is 43.9 Å². The first-order chi connectivity index (χ1) is 19.5. The van der Waals surface area contributed by atoms with E-state index in [-0.39, 0.29) is 40.7 Å². The highest BCUT2D eigenvalue weighted by molar-refractivity contribution is 6.13. The number of fused-ring (bicyclic) bond motifs is 2. The maximum absolute atomic E-state index is 13.7. The number of alkyl halides is 6. The number of aliphatic carboxylic acids is 1. The second-order valence-corrected chi connectivity index (χ2v) is 10.1. The second kappa shape index (κ2) is 9.89. The highest BCUT2D eigenvalue weighted by Gasteiger charge is 2.49. The number of benzene rings is 2. The van der Waals surface area contributed by atoms with Crippen LogP contribution < -0.4 is 10.6 Å². The average Bonchev–Trinajstić information content (AvgIpc) is 3.42. The summed E-state index contributed by atoms with van der Waals surface area (Å²) < 4.78 is 81.7. The number of rotatable bonds is 5. The Kier molecular flexibility index (Phi) is 6.87. The Hall–Kier alpha value is -4.34. The topological polar surface area (TPSA) is 125 Å². The normalized spacial score (nSPS) is 20.4. The number of imide groups is 1. The van der Waals surface area contributed by atoms with Gasteiger partial charge in [0.2, 0.25) is 5.91 Å². The Morgan fingerprint density at radius 1 is 1.05 bits per heavy atom. The molecule has 224 valence electrons. The van der Waals surface area contributed by atoms with E-state index >= 15 is 0 Å². The molecule has 16 heteroatoms. The molecule has 5 rings (SSSR count). The number of carbonyl (C=O) groups excluding carboxylic acids is 2. The number of halogens is 6. The Balaban J connectivity index is 1.59. The van der Waals surface area contributed by atoms with Crippen molar-refractivity contribution in [1.82, 2.24) is 14.0 Å².